The van der Waals surface area contributed by atoms with Crippen molar-refractivity contribution in [1.29, 1.82) is 0 Å². The molecule has 1 aliphatic carbocycles. The summed E-state index contributed by atoms with van der Waals surface area (Å²) in [5, 5.41) is 2.71. The standard InChI is InChI=1S/C22H16F3N3O3/c23-22(24,25)17-10-9-16(20(26)30)21(31)28(17)11-18(29)27-19-14-7-3-1-5-12(14)13-6-2-4-8-15(13)19/h1-10,19H,11H2,(H2,26,30)(H,27,29). The van der Waals surface area contributed by atoms with Crippen LogP contribution in [0, 0.1) is 0 Å². The van der Waals surface area contributed by atoms with Crippen LogP contribution in [0.3, 0.4) is 0 Å². The number of pyridine rings is 1. The number of nitrogens with two attached hydrogens (primary N) is 1. The van der Waals surface area contributed by atoms with Gasteiger partial charge in [-0.15, -0.1) is 0 Å². The zero-order chi connectivity index (χ0) is 22.3. The number of fused-ring (bicyclic) bond motifs is 3. The quantitative estimate of drug-likeness (QED) is 0.671. The number of hydrogen-bond acceptors (Lipinski definition) is 3. The van der Waals surface area contributed by atoms with E-state index in [4.69, 9.17) is 5.73 Å². The molecule has 2 aromatic carbocycles. The maximum Gasteiger partial charge on any atom is 0.431 e. The Hall–Kier alpha value is -3.88. The molecule has 0 saturated carbocycles. The topological polar surface area (TPSA) is 94.2 Å². The number of rotatable bonds is 4. The fraction of sp³-hybridized carbons (Fsp3) is 0.136. The van der Waals surface area contributed by atoms with Crippen LogP contribution in [0.1, 0.15) is 33.2 Å². The zero-order valence-electron chi connectivity index (χ0n) is 15.9. The highest BCUT2D eigenvalue weighted by atomic mass is 19.4. The number of hydrogen-bond donors (Lipinski definition) is 2. The molecule has 0 unspecified atom stereocenters. The van der Waals surface area contributed by atoms with Crippen LogP contribution in [0.15, 0.2) is 65.5 Å². The first kappa shape index (κ1) is 20.4. The van der Waals surface area contributed by atoms with Crippen LogP contribution in [0.25, 0.3) is 11.1 Å². The van der Waals surface area contributed by atoms with Gasteiger partial charge in [0.15, 0.2) is 0 Å². The van der Waals surface area contributed by atoms with Gasteiger partial charge in [0.05, 0.1) is 6.04 Å². The SMILES string of the molecule is NC(=O)c1ccc(C(F)(F)F)n(CC(=O)NC2c3ccccc3-c3ccccc32)c1=O. The molecule has 1 aliphatic rings. The molecule has 0 radical (unpaired) electrons. The van der Waals surface area contributed by atoms with Crippen molar-refractivity contribution in [2.75, 3.05) is 0 Å². The van der Waals surface area contributed by atoms with Crippen LogP contribution >= 0.6 is 0 Å². The smallest absolute Gasteiger partial charge is 0.365 e. The monoisotopic (exact) mass is 427 g/mol. The van der Waals surface area contributed by atoms with Crippen LogP contribution in [-0.4, -0.2) is 16.4 Å². The van der Waals surface area contributed by atoms with Crippen molar-refractivity contribution in [3.63, 3.8) is 0 Å². The summed E-state index contributed by atoms with van der Waals surface area (Å²) in [6, 6.07) is 15.4. The van der Waals surface area contributed by atoms with E-state index < -0.39 is 47.4 Å². The molecule has 1 heterocycles. The lowest BCUT2D eigenvalue weighted by Gasteiger charge is -2.19. The first-order valence-electron chi connectivity index (χ1n) is 9.27. The van der Waals surface area contributed by atoms with Gasteiger partial charge in [0, 0.05) is 0 Å². The Morgan fingerprint density at radius 1 is 0.935 bits per heavy atom. The molecule has 0 saturated heterocycles. The van der Waals surface area contributed by atoms with Gasteiger partial charge < -0.3 is 11.1 Å². The predicted molar refractivity (Wildman–Crippen MR) is 106 cm³/mol. The van der Waals surface area contributed by atoms with Gasteiger partial charge in [-0.1, -0.05) is 48.5 Å². The minimum atomic E-state index is -4.90. The number of alkyl halides is 3. The average molecular weight is 427 g/mol. The molecule has 0 aliphatic heterocycles. The molecule has 6 nitrogen and oxygen atoms in total. The molecule has 0 bridgehead atoms. The van der Waals surface area contributed by atoms with Gasteiger partial charge in [-0.25, -0.2) is 0 Å². The number of nitrogens with zero attached hydrogens (tertiary/aromatic N) is 1. The molecular formula is C22H16F3N3O3. The molecule has 2 amide bonds. The summed E-state index contributed by atoms with van der Waals surface area (Å²) in [6.45, 7) is -0.921. The Morgan fingerprint density at radius 3 is 2.00 bits per heavy atom. The number of aromatic nitrogens is 1. The molecular weight excluding hydrogens is 411 g/mol. The molecule has 9 heteroatoms. The largest absolute Gasteiger partial charge is 0.431 e. The van der Waals surface area contributed by atoms with Gasteiger partial charge >= 0.3 is 6.18 Å². The predicted octanol–water partition coefficient (Wildman–Crippen LogP) is 2.85. The second-order valence-corrected chi connectivity index (χ2v) is 7.06. The maximum atomic E-state index is 13.4. The molecule has 3 aromatic rings. The highest BCUT2D eigenvalue weighted by Crippen LogP contribution is 2.43. The highest BCUT2D eigenvalue weighted by Gasteiger charge is 2.36. The van der Waals surface area contributed by atoms with E-state index in [-0.39, 0.29) is 4.57 Å². The van der Waals surface area contributed by atoms with Crippen LogP contribution in [0.5, 0.6) is 0 Å². The van der Waals surface area contributed by atoms with E-state index in [0.717, 1.165) is 22.3 Å². The lowest BCUT2D eigenvalue weighted by atomic mass is 10.1. The van der Waals surface area contributed by atoms with Crippen molar-refractivity contribution in [2.24, 2.45) is 5.73 Å². The van der Waals surface area contributed by atoms with Crippen LogP contribution in [0.4, 0.5) is 13.2 Å². The number of amides is 2. The van der Waals surface area contributed by atoms with Gasteiger partial charge in [0.25, 0.3) is 11.5 Å². The van der Waals surface area contributed by atoms with Gasteiger partial charge in [0.2, 0.25) is 5.91 Å². The third-order valence-electron chi connectivity index (χ3n) is 5.17. The van der Waals surface area contributed by atoms with Crippen molar-refractivity contribution in [3.8, 4) is 11.1 Å². The second kappa shape index (κ2) is 7.42. The zero-order valence-corrected chi connectivity index (χ0v) is 15.9. The minimum absolute atomic E-state index is 0.224. The van der Waals surface area contributed by atoms with E-state index in [1.807, 2.05) is 36.4 Å². The number of halogens is 3. The minimum Gasteiger partial charge on any atom is -0.365 e. The molecule has 4 rings (SSSR count). The fourth-order valence-electron chi connectivity index (χ4n) is 3.83. The third-order valence-corrected chi connectivity index (χ3v) is 5.17. The van der Waals surface area contributed by atoms with Crippen molar-refractivity contribution in [1.82, 2.24) is 9.88 Å². The van der Waals surface area contributed by atoms with Gasteiger partial charge in [-0.05, 0) is 34.4 Å². The first-order valence-corrected chi connectivity index (χ1v) is 9.27. The Labute approximate surface area is 174 Å². The molecule has 0 spiro atoms. The van der Waals surface area contributed by atoms with Crippen molar-refractivity contribution in [2.45, 2.75) is 18.8 Å². The lowest BCUT2D eigenvalue weighted by Crippen LogP contribution is -2.39. The number of carbonyl (C=O) groups excluding carboxylic acids is 2. The average Bonchev–Trinajstić information content (AvgIpc) is 3.02. The van der Waals surface area contributed by atoms with Gasteiger partial charge in [-0.2, -0.15) is 13.2 Å². The van der Waals surface area contributed by atoms with Crippen LogP contribution < -0.4 is 16.6 Å². The number of primary amides is 1. The van der Waals surface area contributed by atoms with E-state index in [1.165, 1.54) is 0 Å². The molecule has 0 fully saturated rings. The van der Waals surface area contributed by atoms with Gasteiger partial charge in [-0.3, -0.25) is 19.0 Å². The second-order valence-electron chi connectivity index (χ2n) is 7.06. The Kier molecular flexibility index (Phi) is 4.88. The summed E-state index contributed by atoms with van der Waals surface area (Å²) in [7, 11) is 0. The maximum absolute atomic E-state index is 13.4. The number of nitrogens with one attached hydrogen (secondary N) is 1. The van der Waals surface area contributed by atoms with Crippen molar-refractivity contribution in [3.05, 3.63) is 93.4 Å². The third kappa shape index (κ3) is 3.58. The van der Waals surface area contributed by atoms with Crippen molar-refractivity contribution < 1.29 is 22.8 Å². The molecule has 158 valence electrons. The first-order chi connectivity index (χ1) is 14.7. The van der Waals surface area contributed by atoms with E-state index in [2.05, 4.69) is 5.32 Å². The summed E-state index contributed by atoms with van der Waals surface area (Å²) < 4.78 is 40.4. The molecule has 0 atom stereocenters. The number of carbonyl (C=O) groups is 2. The van der Waals surface area contributed by atoms with Crippen LogP contribution in [-0.2, 0) is 17.5 Å². The van der Waals surface area contributed by atoms with E-state index in [9.17, 15) is 27.6 Å². The van der Waals surface area contributed by atoms with E-state index in [0.29, 0.717) is 12.1 Å². The Bertz CT molecular complexity index is 1220. The highest BCUT2D eigenvalue weighted by molar-refractivity contribution is 5.92. The summed E-state index contributed by atoms with van der Waals surface area (Å²) in [5.74, 6) is -1.99. The van der Waals surface area contributed by atoms with Crippen LogP contribution in [0.2, 0.25) is 0 Å². The normalized spacial score (nSPS) is 12.9. The van der Waals surface area contributed by atoms with E-state index in [1.54, 1.807) is 12.1 Å². The van der Waals surface area contributed by atoms with Gasteiger partial charge in [0.1, 0.15) is 17.8 Å². The molecule has 1 aromatic heterocycles. The summed E-state index contributed by atoms with van der Waals surface area (Å²) in [5.41, 5.74) is 5.25. The number of benzene rings is 2. The van der Waals surface area contributed by atoms with Crippen molar-refractivity contribution >= 4 is 11.8 Å². The fourth-order valence-corrected chi connectivity index (χ4v) is 3.83. The summed E-state index contributed by atoms with van der Waals surface area (Å²) in [4.78, 5) is 36.6. The Morgan fingerprint density at radius 2 is 1.48 bits per heavy atom. The summed E-state index contributed by atoms with van der Waals surface area (Å²) >= 11 is 0. The molecule has 31 heavy (non-hydrogen) atoms. The molecule has 3 N–H and O–H groups in total. The Balaban J connectivity index is 1.70. The lowest BCUT2D eigenvalue weighted by molar-refractivity contribution is -0.144. The van der Waals surface area contributed by atoms with E-state index >= 15 is 0 Å². The summed E-state index contributed by atoms with van der Waals surface area (Å²) in [6.07, 6.45) is -4.90.